The van der Waals surface area contributed by atoms with Gasteiger partial charge in [-0.15, -0.1) is 11.3 Å². The first-order valence-corrected chi connectivity index (χ1v) is 14.7. The first kappa shape index (κ1) is 26.6. The van der Waals surface area contributed by atoms with Gasteiger partial charge in [0.25, 0.3) is 0 Å². The Labute approximate surface area is 229 Å². The van der Waals surface area contributed by atoms with Gasteiger partial charge in [0.15, 0.2) is 0 Å². The molecule has 3 aromatic rings. The number of nitrogens with zero attached hydrogens (tertiary/aromatic N) is 4. The topological polar surface area (TPSA) is 117 Å². The third-order valence-corrected chi connectivity index (χ3v) is 7.99. The zero-order chi connectivity index (χ0) is 26.9. The van der Waals surface area contributed by atoms with Gasteiger partial charge < -0.3 is 21.3 Å². The average molecular weight is 537 g/mol. The van der Waals surface area contributed by atoms with Crippen LogP contribution in [0.5, 0.6) is 0 Å². The lowest BCUT2D eigenvalue weighted by Gasteiger charge is -2.24. The molecule has 204 valence electrons. The Hall–Kier alpha value is -3.01. The van der Waals surface area contributed by atoms with E-state index in [0.29, 0.717) is 18.4 Å². The molecule has 2 aliphatic rings. The van der Waals surface area contributed by atoms with Gasteiger partial charge in [-0.05, 0) is 78.2 Å². The molecule has 0 saturated heterocycles. The van der Waals surface area contributed by atoms with E-state index in [1.54, 1.807) is 11.3 Å². The minimum Gasteiger partial charge on any atom is -0.369 e. The van der Waals surface area contributed by atoms with Crippen molar-refractivity contribution in [1.29, 1.82) is 0 Å². The van der Waals surface area contributed by atoms with Crippen molar-refractivity contribution in [3.8, 4) is 10.6 Å². The number of anilines is 2. The maximum absolute atomic E-state index is 12.4. The van der Waals surface area contributed by atoms with Crippen LogP contribution < -0.4 is 21.3 Å². The van der Waals surface area contributed by atoms with Crippen molar-refractivity contribution in [2.24, 2.45) is 5.92 Å². The summed E-state index contributed by atoms with van der Waals surface area (Å²) in [5.74, 6) is 2.69. The fourth-order valence-electron chi connectivity index (χ4n) is 4.54. The maximum atomic E-state index is 12.4. The summed E-state index contributed by atoms with van der Waals surface area (Å²) in [5.41, 5.74) is 3.69. The van der Waals surface area contributed by atoms with Crippen molar-refractivity contribution in [2.75, 3.05) is 23.7 Å². The van der Waals surface area contributed by atoms with Crippen molar-refractivity contribution < 1.29 is 4.79 Å². The molecule has 9 nitrogen and oxygen atoms in total. The molecule has 38 heavy (non-hydrogen) atoms. The highest BCUT2D eigenvalue weighted by Crippen LogP contribution is 2.44. The average Bonchev–Trinajstić information content (AvgIpc) is 3.78. The van der Waals surface area contributed by atoms with Gasteiger partial charge in [0, 0.05) is 36.8 Å². The molecular weight excluding hydrogens is 496 g/mol. The van der Waals surface area contributed by atoms with E-state index in [4.69, 9.17) is 15.0 Å². The molecule has 10 heteroatoms. The fourth-order valence-corrected chi connectivity index (χ4v) is 5.60. The largest absolute Gasteiger partial charge is 0.369 e. The first-order chi connectivity index (χ1) is 18.2. The second kappa shape index (κ2) is 11.0. The molecule has 3 aromatic heterocycles. The summed E-state index contributed by atoms with van der Waals surface area (Å²) in [5, 5.41) is 14.0. The van der Waals surface area contributed by atoms with E-state index in [1.807, 2.05) is 33.9 Å². The van der Waals surface area contributed by atoms with Crippen LogP contribution in [0.15, 0.2) is 12.3 Å². The summed E-state index contributed by atoms with van der Waals surface area (Å²) in [6.07, 6.45) is 8.44. The monoisotopic (exact) mass is 536 g/mol. The van der Waals surface area contributed by atoms with Crippen LogP contribution in [0.3, 0.4) is 0 Å². The molecule has 2 aliphatic carbocycles. The van der Waals surface area contributed by atoms with Crippen LogP contribution in [0, 0.1) is 12.8 Å². The quantitative estimate of drug-likeness (QED) is 0.243. The standard InChI is InChI=1S/C28H40N8OS/c1-6-19(33-27(37)36-28(3,4)5)11-13-30-24-21(16(2)32-26(35-24)31-15-17-7-8-17)25-34-23-20(38-25)12-14-29-22(23)18-9-10-18/h12,14,17-19H,6-11,13,15H2,1-5H3,(H2,33,36,37)(H2,30,31,32,35)/t19-/m0/s1. The van der Waals surface area contributed by atoms with Gasteiger partial charge in [0.2, 0.25) is 5.95 Å². The van der Waals surface area contributed by atoms with Crippen LogP contribution in [0.1, 0.15) is 83.5 Å². The predicted molar refractivity (Wildman–Crippen MR) is 155 cm³/mol. The van der Waals surface area contributed by atoms with Gasteiger partial charge in [0.1, 0.15) is 16.3 Å². The molecule has 0 radical (unpaired) electrons. The number of rotatable bonds is 11. The molecule has 3 heterocycles. The minimum atomic E-state index is -0.274. The molecule has 0 spiro atoms. The molecule has 0 bridgehead atoms. The zero-order valence-electron chi connectivity index (χ0n) is 23.1. The summed E-state index contributed by atoms with van der Waals surface area (Å²) in [6.45, 7) is 11.6. The lowest BCUT2D eigenvalue weighted by Crippen LogP contribution is -2.49. The predicted octanol–water partition coefficient (Wildman–Crippen LogP) is 5.83. The SMILES string of the molecule is CC[C@@H](CCNc1nc(NCC2CC2)nc(C)c1-c1nc2c(C3CC3)nccc2s1)NC(=O)NC(C)(C)C. The number of thiazole rings is 1. The zero-order valence-corrected chi connectivity index (χ0v) is 24.0. The van der Waals surface area contributed by atoms with Crippen LogP contribution in [-0.2, 0) is 0 Å². The Kier molecular flexibility index (Phi) is 7.70. The van der Waals surface area contributed by atoms with Gasteiger partial charge in [-0.3, -0.25) is 4.98 Å². The van der Waals surface area contributed by atoms with E-state index in [0.717, 1.165) is 63.3 Å². The van der Waals surface area contributed by atoms with Crippen molar-refractivity contribution in [2.45, 2.75) is 90.6 Å². The third-order valence-electron chi connectivity index (χ3n) is 6.95. The van der Waals surface area contributed by atoms with Crippen LogP contribution in [-0.4, -0.2) is 50.6 Å². The number of aromatic nitrogens is 4. The lowest BCUT2D eigenvalue weighted by atomic mass is 10.1. The number of nitrogens with one attached hydrogen (secondary N) is 4. The number of urea groups is 1. The number of fused-ring (bicyclic) bond motifs is 1. The first-order valence-electron chi connectivity index (χ1n) is 13.9. The van der Waals surface area contributed by atoms with E-state index in [2.05, 4.69) is 39.2 Å². The van der Waals surface area contributed by atoms with Gasteiger partial charge >= 0.3 is 6.03 Å². The molecule has 1 atom stereocenters. The lowest BCUT2D eigenvalue weighted by molar-refractivity contribution is 0.227. The molecule has 5 rings (SSSR count). The second-order valence-electron chi connectivity index (χ2n) is 11.7. The van der Waals surface area contributed by atoms with E-state index >= 15 is 0 Å². The van der Waals surface area contributed by atoms with E-state index in [-0.39, 0.29) is 17.6 Å². The van der Waals surface area contributed by atoms with Gasteiger partial charge in [0.05, 0.1) is 21.7 Å². The normalized spacial score (nSPS) is 16.3. The van der Waals surface area contributed by atoms with E-state index in [9.17, 15) is 4.79 Å². The Balaban J connectivity index is 1.37. The van der Waals surface area contributed by atoms with Crippen molar-refractivity contribution in [3.05, 3.63) is 23.7 Å². The number of hydrogen-bond donors (Lipinski definition) is 4. The molecular formula is C28H40N8OS. The van der Waals surface area contributed by atoms with Crippen LogP contribution in [0.4, 0.5) is 16.6 Å². The van der Waals surface area contributed by atoms with Gasteiger partial charge in [-0.1, -0.05) is 6.92 Å². The highest BCUT2D eigenvalue weighted by molar-refractivity contribution is 7.21. The van der Waals surface area contributed by atoms with Gasteiger partial charge in [-0.25, -0.2) is 14.8 Å². The smallest absolute Gasteiger partial charge is 0.315 e. The Morgan fingerprint density at radius 3 is 2.61 bits per heavy atom. The number of carbonyl (C=O) groups excluding carboxylic acids is 1. The third kappa shape index (κ3) is 6.70. The number of amides is 2. The Morgan fingerprint density at radius 2 is 1.92 bits per heavy atom. The summed E-state index contributed by atoms with van der Waals surface area (Å²) in [6, 6.07) is 1.97. The molecule has 2 amide bonds. The van der Waals surface area contributed by atoms with Crippen molar-refractivity contribution >= 4 is 39.4 Å². The molecule has 0 aromatic carbocycles. The second-order valence-corrected chi connectivity index (χ2v) is 12.7. The number of pyridine rings is 1. The van der Waals surface area contributed by atoms with E-state index in [1.165, 1.54) is 25.7 Å². The van der Waals surface area contributed by atoms with Crippen molar-refractivity contribution in [3.63, 3.8) is 0 Å². The Bertz CT molecular complexity index is 1290. The minimum absolute atomic E-state index is 0.0540. The summed E-state index contributed by atoms with van der Waals surface area (Å²) in [7, 11) is 0. The summed E-state index contributed by atoms with van der Waals surface area (Å²) >= 11 is 1.67. The number of aryl methyl sites for hydroxylation is 1. The summed E-state index contributed by atoms with van der Waals surface area (Å²) in [4.78, 5) is 31.8. The highest BCUT2D eigenvalue weighted by atomic mass is 32.1. The molecule has 0 aliphatic heterocycles. The van der Waals surface area contributed by atoms with Crippen LogP contribution >= 0.6 is 11.3 Å². The number of hydrogen-bond acceptors (Lipinski definition) is 8. The molecule has 0 unspecified atom stereocenters. The highest BCUT2D eigenvalue weighted by Gasteiger charge is 2.29. The fraction of sp³-hybridized carbons (Fsp3) is 0.607. The van der Waals surface area contributed by atoms with Crippen molar-refractivity contribution in [1.82, 2.24) is 30.6 Å². The van der Waals surface area contributed by atoms with E-state index < -0.39 is 0 Å². The number of carbonyl (C=O) groups is 1. The maximum Gasteiger partial charge on any atom is 0.315 e. The molecule has 2 fully saturated rings. The Morgan fingerprint density at radius 1 is 1.13 bits per heavy atom. The van der Waals surface area contributed by atoms with Gasteiger partial charge in [-0.2, -0.15) is 4.98 Å². The summed E-state index contributed by atoms with van der Waals surface area (Å²) < 4.78 is 1.15. The molecule has 2 saturated carbocycles. The molecule has 4 N–H and O–H groups in total. The van der Waals surface area contributed by atoms with Crippen LogP contribution in [0.2, 0.25) is 0 Å². The van der Waals surface area contributed by atoms with Crippen LogP contribution in [0.25, 0.3) is 20.8 Å².